The zero-order valence-corrected chi connectivity index (χ0v) is 9.92. The molecule has 0 bridgehead atoms. The summed E-state index contributed by atoms with van der Waals surface area (Å²) >= 11 is 3.29. The molecule has 0 atom stereocenters. The van der Waals surface area contributed by atoms with E-state index in [9.17, 15) is 9.90 Å². The molecule has 1 aliphatic rings. The van der Waals surface area contributed by atoms with Crippen molar-refractivity contribution in [1.29, 1.82) is 0 Å². The summed E-state index contributed by atoms with van der Waals surface area (Å²) in [6, 6.07) is 1.78. The molecule has 0 amide bonds. The van der Waals surface area contributed by atoms with Crippen molar-refractivity contribution in [3.05, 3.63) is 22.6 Å². The molecule has 1 saturated carbocycles. The second-order valence-corrected chi connectivity index (χ2v) is 4.99. The lowest BCUT2D eigenvalue weighted by Crippen LogP contribution is -2.37. The highest BCUT2D eigenvalue weighted by Gasteiger charge is 2.43. The first-order valence-electron chi connectivity index (χ1n) is 5.13. The minimum absolute atomic E-state index is 0.585. The lowest BCUT2D eigenvalue weighted by molar-refractivity contribution is -0.146. The first kappa shape index (κ1) is 10.7. The molecule has 1 aliphatic carbocycles. The van der Waals surface area contributed by atoms with E-state index < -0.39 is 11.4 Å². The third-order valence-corrected chi connectivity index (χ3v) is 3.57. The van der Waals surface area contributed by atoms with E-state index in [2.05, 4.69) is 15.9 Å². The summed E-state index contributed by atoms with van der Waals surface area (Å²) in [5.41, 5.74) is -0.787. The summed E-state index contributed by atoms with van der Waals surface area (Å²) in [7, 11) is 0. The highest BCUT2D eigenvalue weighted by Crippen LogP contribution is 2.41. The molecule has 2 rings (SSSR count). The third-order valence-electron chi connectivity index (χ3n) is 3.16. The summed E-state index contributed by atoms with van der Waals surface area (Å²) in [6.45, 7) is 0. The maximum atomic E-state index is 11.4. The first-order chi connectivity index (χ1) is 7.15. The number of furan rings is 1. The average Bonchev–Trinajstić information content (AvgIpc) is 2.66. The van der Waals surface area contributed by atoms with E-state index in [1.165, 1.54) is 0 Å². The van der Waals surface area contributed by atoms with Gasteiger partial charge in [-0.1, -0.05) is 19.3 Å². The van der Waals surface area contributed by atoms with E-state index in [1.54, 1.807) is 12.3 Å². The van der Waals surface area contributed by atoms with E-state index >= 15 is 0 Å². The summed E-state index contributed by atoms with van der Waals surface area (Å²) in [5.74, 6) is -0.175. The molecule has 1 aromatic rings. The van der Waals surface area contributed by atoms with Gasteiger partial charge in [0.1, 0.15) is 17.4 Å². The lowest BCUT2D eigenvalue weighted by Gasteiger charge is -2.30. The molecule has 0 radical (unpaired) electrons. The van der Waals surface area contributed by atoms with Crippen LogP contribution in [-0.2, 0) is 10.2 Å². The number of hydrogen-bond acceptors (Lipinski definition) is 2. The molecule has 3 nitrogen and oxygen atoms in total. The topological polar surface area (TPSA) is 50.4 Å². The van der Waals surface area contributed by atoms with Gasteiger partial charge in [-0.3, -0.25) is 4.79 Å². The molecule has 1 N–H and O–H groups in total. The van der Waals surface area contributed by atoms with Gasteiger partial charge in [-0.2, -0.15) is 0 Å². The summed E-state index contributed by atoms with van der Waals surface area (Å²) in [4.78, 5) is 11.4. The smallest absolute Gasteiger partial charge is 0.317 e. The van der Waals surface area contributed by atoms with Crippen LogP contribution in [0.5, 0.6) is 0 Å². The molecule has 0 spiro atoms. The molecular formula is C11H13BrO3. The molecule has 0 aromatic carbocycles. The van der Waals surface area contributed by atoms with Crippen molar-refractivity contribution < 1.29 is 14.3 Å². The largest absolute Gasteiger partial charge is 0.480 e. The Labute approximate surface area is 96.6 Å². The molecule has 4 heteroatoms. The van der Waals surface area contributed by atoms with Gasteiger partial charge in [0.2, 0.25) is 0 Å². The van der Waals surface area contributed by atoms with Crippen LogP contribution in [0.25, 0.3) is 0 Å². The lowest BCUT2D eigenvalue weighted by atomic mass is 9.72. The van der Waals surface area contributed by atoms with Gasteiger partial charge in [0.15, 0.2) is 0 Å². The van der Waals surface area contributed by atoms with Crippen molar-refractivity contribution in [3.8, 4) is 0 Å². The fourth-order valence-electron chi connectivity index (χ4n) is 2.28. The van der Waals surface area contributed by atoms with Gasteiger partial charge in [0, 0.05) is 0 Å². The van der Waals surface area contributed by atoms with Crippen LogP contribution in [0.4, 0.5) is 0 Å². The highest BCUT2D eigenvalue weighted by molar-refractivity contribution is 9.10. The van der Waals surface area contributed by atoms with Crippen molar-refractivity contribution >= 4 is 21.9 Å². The molecular weight excluding hydrogens is 260 g/mol. The van der Waals surface area contributed by atoms with E-state index in [-0.39, 0.29) is 0 Å². The zero-order valence-electron chi connectivity index (χ0n) is 8.33. The van der Waals surface area contributed by atoms with Crippen molar-refractivity contribution in [2.45, 2.75) is 37.5 Å². The van der Waals surface area contributed by atoms with Gasteiger partial charge in [-0.05, 0) is 34.8 Å². The molecule has 0 saturated heterocycles. The van der Waals surface area contributed by atoms with Gasteiger partial charge >= 0.3 is 5.97 Å². The van der Waals surface area contributed by atoms with Gasteiger partial charge < -0.3 is 9.52 Å². The van der Waals surface area contributed by atoms with Crippen LogP contribution in [0.2, 0.25) is 0 Å². The van der Waals surface area contributed by atoms with Crippen LogP contribution in [0.15, 0.2) is 21.2 Å². The average molecular weight is 273 g/mol. The maximum Gasteiger partial charge on any atom is 0.317 e. The fraction of sp³-hybridized carbons (Fsp3) is 0.545. The van der Waals surface area contributed by atoms with E-state index in [0.29, 0.717) is 18.6 Å². The SMILES string of the molecule is O=C(O)C1(c2cc(Br)co2)CCCCC1. The number of aliphatic carboxylic acids is 1. The summed E-state index contributed by atoms with van der Waals surface area (Å²) < 4.78 is 6.15. The normalized spacial score (nSPS) is 20.1. The number of rotatable bonds is 2. The quantitative estimate of drug-likeness (QED) is 0.899. The molecule has 0 unspecified atom stereocenters. The Kier molecular flexibility index (Phi) is 2.87. The van der Waals surface area contributed by atoms with Crippen molar-refractivity contribution in [2.24, 2.45) is 0 Å². The molecule has 15 heavy (non-hydrogen) atoms. The Balaban J connectivity index is 2.37. The van der Waals surface area contributed by atoms with Crippen LogP contribution >= 0.6 is 15.9 Å². The number of halogens is 1. The standard InChI is InChI=1S/C11H13BrO3/c12-8-6-9(15-7-8)11(10(13)14)4-2-1-3-5-11/h6-7H,1-5H2,(H,13,14). The van der Waals surface area contributed by atoms with Gasteiger partial charge in [-0.15, -0.1) is 0 Å². The zero-order chi connectivity index (χ0) is 10.9. The predicted molar refractivity (Wildman–Crippen MR) is 58.8 cm³/mol. The number of carboxylic acids is 1. The highest BCUT2D eigenvalue weighted by atomic mass is 79.9. The fourth-order valence-corrected chi connectivity index (χ4v) is 2.59. The van der Waals surface area contributed by atoms with Crippen LogP contribution in [0.1, 0.15) is 37.9 Å². The summed E-state index contributed by atoms with van der Waals surface area (Å²) in [6.07, 6.45) is 5.96. The van der Waals surface area contributed by atoms with Crippen molar-refractivity contribution in [2.75, 3.05) is 0 Å². The van der Waals surface area contributed by atoms with E-state index in [1.807, 2.05) is 0 Å². The summed E-state index contributed by atoms with van der Waals surface area (Å²) in [5, 5.41) is 9.38. The van der Waals surface area contributed by atoms with E-state index in [4.69, 9.17) is 4.42 Å². The Bertz CT molecular complexity index is 364. The number of hydrogen-bond donors (Lipinski definition) is 1. The van der Waals surface area contributed by atoms with E-state index in [0.717, 1.165) is 23.7 Å². The molecule has 1 fully saturated rings. The van der Waals surface area contributed by atoms with Crippen molar-refractivity contribution in [1.82, 2.24) is 0 Å². The van der Waals surface area contributed by atoms with Crippen LogP contribution in [-0.4, -0.2) is 11.1 Å². The molecule has 1 aromatic heterocycles. The molecule has 1 heterocycles. The molecule has 0 aliphatic heterocycles. The molecule has 82 valence electrons. The van der Waals surface area contributed by atoms with Crippen molar-refractivity contribution in [3.63, 3.8) is 0 Å². The Morgan fingerprint density at radius 3 is 2.53 bits per heavy atom. The van der Waals surface area contributed by atoms with Gasteiger partial charge in [0.25, 0.3) is 0 Å². The van der Waals surface area contributed by atoms with Crippen LogP contribution in [0, 0.1) is 0 Å². The minimum atomic E-state index is -0.787. The van der Waals surface area contributed by atoms with Gasteiger partial charge in [0.05, 0.1) is 4.47 Å². The third kappa shape index (κ3) is 1.83. The first-order valence-corrected chi connectivity index (χ1v) is 5.92. The monoisotopic (exact) mass is 272 g/mol. The maximum absolute atomic E-state index is 11.4. The van der Waals surface area contributed by atoms with Crippen LogP contribution < -0.4 is 0 Å². The predicted octanol–water partition coefficient (Wildman–Crippen LogP) is 3.33. The minimum Gasteiger partial charge on any atom is -0.480 e. The Hall–Kier alpha value is -0.770. The van der Waals surface area contributed by atoms with Gasteiger partial charge in [-0.25, -0.2) is 0 Å². The van der Waals surface area contributed by atoms with Crippen LogP contribution in [0.3, 0.4) is 0 Å². The second kappa shape index (κ2) is 4.00. The number of carboxylic acid groups (broad SMARTS) is 1. The number of carbonyl (C=O) groups is 1. The Morgan fingerprint density at radius 1 is 1.40 bits per heavy atom. The second-order valence-electron chi connectivity index (χ2n) is 4.08. The Morgan fingerprint density at radius 2 is 2.07 bits per heavy atom.